The molecule has 0 unspecified atom stereocenters. The zero-order valence-corrected chi connectivity index (χ0v) is 6.17. The molecule has 1 saturated carbocycles. The van der Waals surface area contributed by atoms with E-state index < -0.39 is 24.6 Å². The fourth-order valence-electron chi connectivity index (χ4n) is 1.34. The molecular weight excluding hydrogens is 144 g/mol. The van der Waals surface area contributed by atoms with Crippen LogP contribution in [0.15, 0.2) is 0 Å². The standard InChI is InChI=1S/C8H14O3/c9-7-1-3-8(4-2-7)10-5-6-11-8/h7,9H,1-6H2/i1D2,2D2. The number of aliphatic hydroxyl groups is 1. The highest BCUT2D eigenvalue weighted by Crippen LogP contribution is 2.35. The van der Waals surface area contributed by atoms with Crippen LogP contribution in [0.2, 0.25) is 0 Å². The second-order valence-corrected chi connectivity index (χ2v) is 2.77. The van der Waals surface area contributed by atoms with Gasteiger partial charge in [-0.15, -0.1) is 0 Å². The molecule has 2 aliphatic rings. The van der Waals surface area contributed by atoms with E-state index >= 15 is 0 Å². The predicted octanol–water partition coefficient (Wildman–Crippen LogP) is 0.664. The first-order chi connectivity index (χ1) is 6.78. The Morgan fingerprint density at radius 1 is 1.27 bits per heavy atom. The van der Waals surface area contributed by atoms with E-state index in [9.17, 15) is 5.11 Å². The van der Waals surface area contributed by atoms with Gasteiger partial charge in [0.25, 0.3) is 0 Å². The van der Waals surface area contributed by atoms with Crippen molar-refractivity contribution in [2.45, 2.75) is 37.5 Å². The molecule has 3 nitrogen and oxygen atoms in total. The minimum atomic E-state index is -2.02. The Kier molecular flexibility index (Phi) is 1.05. The quantitative estimate of drug-likeness (QED) is 0.569. The van der Waals surface area contributed by atoms with Crippen molar-refractivity contribution in [2.24, 2.45) is 0 Å². The van der Waals surface area contributed by atoms with Crippen LogP contribution in [0.5, 0.6) is 0 Å². The van der Waals surface area contributed by atoms with E-state index in [2.05, 4.69) is 0 Å². The molecule has 64 valence electrons. The van der Waals surface area contributed by atoms with Gasteiger partial charge in [-0.25, -0.2) is 0 Å². The maximum absolute atomic E-state index is 9.55. The average molecular weight is 162 g/mol. The van der Waals surface area contributed by atoms with Crippen molar-refractivity contribution >= 4 is 0 Å². The Bertz CT molecular complexity index is 243. The van der Waals surface area contributed by atoms with E-state index in [0.29, 0.717) is 13.2 Å². The van der Waals surface area contributed by atoms with Gasteiger partial charge in [-0.05, 0) is 12.7 Å². The lowest BCUT2D eigenvalue weighted by Crippen LogP contribution is -2.36. The van der Waals surface area contributed by atoms with E-state index in [1.54, 1.807) is 0 Å². The van der Waals surface area contributed by atoms with Crippen LogP contribution < -0.4 is 0 Å². The Morgan fingerprint density at radius 2 is 1.82 bits per heavy atom. The first-order valence-corrected chi connectivity index (χ1v) is 3.74. The molecule has 0 radical (unpaired) electrons. The molecule has 1 N–H and O–H groups in total. The number of rotatable bonds is 0. The minimum Gasteiger partial charge on any atom is -0.393 e. The summed E-state index contributed by atoms with van der Waals surface area (Å²) < 4.78 is 41.0. The molecule has 0 aromatic rings. The van der Waals surface area contributed by atoms with E-state index in [4.69, 9.17) is 15.0 Å². The Balaban J connectivity index is 2.27. The normalized spacial score (nSPS) is 45.9. The number of ether oxygens (including phenoxy) is 2. The van der Waals surface area contributed by atoms with Crippen LogP contribution in [0.25, 0.3) is 0 Å². The molecule has 2 fully saturated rings. The van der Waals surface area contributed by atoms with Gasteiger partial charge in [0.05, 0.1) is 19.3 Å². The Morgan fingerprint density at radius 3 is 2.36 bits per heavy atom. The maximum atomic E-state index is 9.55. The topological polar surface area (TPSA) is 38.7 Å². The van der Waals surface area contributed by atoms with Gasteiger partial charge in [0.15, 0.2) is 5.79 Å². The Hall–Kier alpha value is -0.120. The van der Waals surface area contributed by atoms with Crippen molar-refractivity contribution < 1.29 is 20.1 Å². The zero-order chi connectivity index (χ0) is 11.3. The van der Waals surface area contributed by atoms with Gasteiger partial charge in [-0.1, -0.05) is 0 Å². The van der Waals surface area contributed by atoms with Gasteiger partial charge in [-0.2, -0.15) is 0 Å². The Labute approximate surface area is 71.9 Å². The third-order valence-corrected chi connectivity index (χ3v) is 1.94. The summed E-state index contributed by atoms with van der Waals surface area (Å²) >= 11 is 0. The molecular formula is C8H14O3. The van der Waals surface area contributed by atoms with E-state index in [1.807, 2.05) is 0 Å². The molecule has 0 atom stereocenters. The van der Waals surface area contributed by atoms with Gasteiger partial charge in [0, 0.05) is 18.3 Å². The summed E-state index contributed by atoms with van der Waals surface area (Å²) in [6.07, 6.45) is -5.93. The fraction of sp³-hybridized carbons (Fsp3) is 1.00. The van der Waals surface area contributed by atoms with Crippen LogP contribution in [-0.4, -0.2) is 30.2 Å². The molecule has 1 aliphatic heterocycles. The van der Waals surface area contributed by atoms with Crippen molar-refractivity contribution in [1.29, 1.82) is 0 Å². The first-order valence-electron chi connectivity index (χ1n) is 5.74. The zero-order valence-electron chi connectivity index (χ0n) is 10.2. The molecule has 2 rings (SSSR count). The summed E-state index contributed by atoms with van der Waals surface area (Å²) in [6, 6.07) is 0. The monoisotopic (exact) mass is 162 g/mol. The molecule has 0 bridgehead atoms. The van der Waals surface area contributed by atoms with Crippen LogP contribution in [0.1, 0.15) is 31.1 Å². The molecule has 11 heavy (non-hydrogen) atoms. The minimum absolute atomic E-state index is 0.124. The van der Waals surface area contributed by atoms with E-state index in [1.165, 1.54) is 0 Å². The lowest BCUT2D eigenvalue weighted by atomic mass is 9.92. The molecule has 0 aromatic carbocycles. The van der Waals surface area contributed by atoms with Gasteiger partial charge < -0.3 is 14.6 Å². The molecule has 1 spiro atoms. The van der Waals surface area contributed by atoms with Gasteiger partial charge in [0.1, 0.15) is 0 Å². The highest BCUT2D eigenvalue weighted by molar-refractivity contribution is 4.81. The van der Waals surface area contributed by atoms with Gasteiger partial charge >= 0.3 is 0 Å². The maximum Gasteiger partial charge on any atom is 0.168 e. The predicted molar refractivity (Wildman–Crippen MR) is 39.1 cm³/mol. The molecule has 0 amide bonds. The largest absolute Gasteiger partial charge is 0.393 e. The van der Waals surface area contributed by atoms with Crippen LogP contribution in [0.4, 0.5) is 0 Å². The number of aliphatic hydroxyl groups excluding tert-OH is 1. The fourth-order valence-corrected chi connectivity index (χ4v) is 1.34. The molecule has 0 aromatic heterocycles. The molecule has 1 heterocycles. The molecule has 1 aliphatic carbocycles. The van der Waals surface area contributed by atoms with Crippen LogP contribution in [-0.2, 0) is 9.47 Å². The average Bonchev–Trinajstić information content (AvgIpc) is 2.47. The summed E-state index contributed by atoms with van der Waals surface area (Å²) in [5.74, 6) is -1.19. The third-order valence-electron chi connectivity index (χ3n) is 1.94. The van der Waals surface area contributed by atoms with Crippen LogP contribution in [0.3, 0.4) is 0 Å². The van der Waals surface area contributed by atoms with E-state index in [-0.39, 0.29) is 12.8 Å². The van der Waals surface area contributed by atoms with Gasteiger partial charge in [0.2, 0.25) is 0 Å². The first kappa shape index (κ1) is 4.21. The summed E-state index contributed by atoms with van der Waals surface area (Å²) in [7, 11) is 0. The summed E-state index contributed by atoms with van der Waals surface area (Å²) in [5.41, 5.74) is 0. The molecule has 1 saturated heterocycles. The van der Waals surface area contributed by atoms with Crippen molar-refractivity contribution in [3.63, 3.8) is 0 Å². The van der Waals surface area contributed by atoms with Crippen LogP contribution >= 0.6 is 0 Å². The second kappa shape index (κ2) is 2.73. The van der Waals surface area contributed by atoms with Gasteiger partial charge in [-0.3, -0.25) is 0 Å². The summed E-state index contributed by atoms with van der Waals surface area (Å²) in [5, 5.41) is 9.55. The highest BCUT2D eigenvalue weighted by Gasteiger charge is 2.39. The van der Waals surface area contributed by atoms with Crippen molar-refractivity contribution in [3.05, 3.63) is 0 Å². The summed E-state index contributed by atoms with van der Waals surface area (Å²) in [6.45, 7) is 0.699. The number of hydrogen-bond acceptors (Lipinski definition) is 3. The van der Waals surface area contributed by atoms with Crippen molar-refractivity contribution in [1.82, 2.24) is 0 Å². The molecule has 3 heteroatoms. The van der Waals surface area contributed by atoms with Crippen LogP contribution in [0, 0.1) is 0 Å². The SMILES string of the molecule is [2H]C1([2H])CC2(CC([2H])([2H])C1O)OCCO2. The summed E-state index contributed by atoms with van der Waals surface area (Å²) in [4.78, 5) is 0. The van der Waals surface area contributed by atoms with Crippen molar-refractivity contribution in [3.8, 4) is 0 Å². The number of hydrogen-bond donors (Lipinski definition) is 1. The van der Waals surface area contributed by atoms with Crippen molar-refractivity contribution in [2.75, 3.05) is 13.2 Å². The van der Waals surface area contributed by atoms with E-state index in [0.717, 1.165) is 0 Å². The lowest BCUT2D eigenvalue weighted by molar-refractivity contribution is -0.187. The second-order valence-electron chi connectivity index (χ2n) is 2.77. The smallest absolute Gasteiger partial charge is 0.168 e. The third kappa shape index (κ3) is 1.41. The lowest BCUT2D eigenvalue weighted by Gasteiger charge is -2.33. The highest BCUT2D eigenvalue weighted by atomic mass is 16.7.